The fourth-order valence-electron chi connectivity index (χ4n) is 4.89. The smallest absolute Gasteiger partial charge is 0.407 e. The number of hydrogen-bond acceptors (Lipinski definition) is 4. The molecule has 0 heterocycles. The Labute approximate surface area is 223 Å². The molecule has 7 nitrogen and oxygen atoms in total. The van der Waals surface area contributed by atoms with Gasteiger partial charge in [0.15, 0.2) is 0 Å². The highest BCUT2D eigenvalue weighted by molar-refractivity contribution is 5.87. The van der Waals surface area contributed by atoms with Crippen molar-refractivity contribution in [2.24, 2.45) is 5.41 Å². The van der Waals surface area contributed by atoms with Crippen LogP contribution in [0.5, 0.6) is 0 Å². The largest absolute Gasteiger partial charge is 0.481 e. The molecule has 0 aliphatic heterocycles. The van der Waals surface area contributed by atoms with Crippen LogP contribution < -0.4 is 5.32 Å². The van der Waals surface area contributed by atoms with E-state index >= 15 is 0 Å². The molecule has 4 rings (SSSR count). The molecule has 1 aliphatic rings. The molecule has 0 bridgehead atoms. The van der Waals surface area contributed by atoms with E-state index in [0.29, 0.717) is 0 Å². The van der Waals surface area contributed by atoms with Crippen molar-refractivity contribution in [3.8, 4) is 11.1 Å². The Morgan fingerprint density at radius 3 is 2.00 bits per heavy atom. The van der Waals surface area contributed by atoms with E-state index in [0.717, 1.165) is 27.8 Å². The predicted molar refractivity (Wildman–Crippen MR) is 146 cm³/mol. The predicted octanol–water partition coefficient (Wildman–Crippen LogP) is 5.44. The lowest BCUT2D eigenvalue weighted by Crippen LogP contribution is -2.55. The Morgan fingerprint density at radius 2 is 1.45 bits per heavy atom. The second kappa shape index (κ2) is 11.5. The molecular formula is C31H34N2O5. The molecule has 0 saturated carbocycles. The number of carbonyl (C=O) groups is 3. The molecule has 3 aromatic carbocycles. The Bertz CT molecular complexity index is 1250. The van der Waals surface area contributed by atoms with Crippen molar-refractivity contribution in [2.45, 2.75) is 45.7 Å². The summed E-state index contributed by atoms with van der Waals surface area (Å²) in [6.07, 6.45) is -0.876. The average molecular weight is 515 g/mol. The van der Waals surface area contributed by atoms with E-state index in [9.17, 15) is 19.5 Å². The first kappa shape index (κ1) is 26.9. The van der Waals surface area contributed by atoms with Crippen LogP contribution in [-0.4, -0.2) is 47.2 Å². The van der Waals surface area contributed by atoms with Crippen molar-refractivity contribution < 1.29 is 24.2 Å². The van der Waals surface area contributed by atoms with E-state index < -0.39 is 23.5 Å². The molecule has 1 aliphatic carbocycles. The zero-order valence-electron chi connectivity index (χ0n) is 22.0. The van der Waals surface area contributed by atoms with Gasteiger partial charge >= 0.3 is 12.1 Å². The molecule has 3 aromatic rings. The third kappa shape index (κ3) is 6.22. The van der Waals surface area contributed by atoms with Gasteiger partial charge in [0.05, 0.1) is 6.42 Å². The maximum absolute atomic E-state index is 13.7. The van der Waals surface area contributed by atoms with Crippen LogP contribution in [0, 0.1) is 5.41 Å². The molecule has 2 N–H and O–H groups in total. The Kier molecular flexibility index (Phi) is 8.15. The van der Waals surface area contributed by atoms with Crippen molar-refractivity contribution in [1.29, 1.82) is 0 Å². The van der Waals surface area contributed by atoms with E-state index in [4.69, 9.17) is 4.74 Å². The first-order valence-corrected chi connectivity index (χ1v) is 12.8. The minimum Gasteiger partial charge on any atom is -0.481 e. The summed E-state index contributed by atoms with van der Waals surface area (Å²) in [5.41, 5.74) is 4.71. The molecular weight excluding hydrogens is 480 g/mol. The van der Waals surface area contributed by atoms with Gasteiger partial charge in [0, 0.05) is 19.0 Å². The van der Waals surface area contributed by atoms with Gasteiger partial charge in [-0.3, -0.25) is 9.59 Å². The normalized spacial score (nSPS) is 13.2. The van der Waals surface area contributed by atoms with Gasteiger partial charge in [-0.25, -0.2) is 4.79 Å². The van der Waals surface area contributed by atoms with Crippen molar-refractivity contribution in [1.82, 2.24) is 10.2 Å². The minimum absolute atomic E-state index is 0.0298. The second-order valence-corrected chi connectivity index (χ2v) is 10.7. The number of amides is 2. The van der Waals surface area contributed by atoms with Crippen molar-refractivity contribution in [3.63, 3.8) is 0 Å². The zero-order chi connectivity index (χ0) is 27.3. The zero-order valence-corrected chi connectivity index (χ0v) is 22.0. The van der Waals surface area contributed by atoms with E-state index in [1.165, 1.54) is 4.90 Å². The van der Waals surface area contributed by atoms with E-state index in [1.54, 1.807) is 0 Å². The van der Waals surface area contributed by atoms with E-state index in [1.807, 2.05) is 87.5 Å². The fourth-order valence-corrected chi connectivity index (χ4v) is 4.89. The molecule has 198 valence electrons. The highest BCUT2D eigenvalue weighted by atomic mass is 16.5. The quantitative estimate of drug-likeness (QED) is 0.396. The topological polar surface area (TPSA) is 95.9 Å². The van der Waals surface area contributed by atoms with Crippen molar-refractivity contribution >= 4 is 18.0 Å². The Morgan fingerprint density at radius 1 is 0.895 bits per heavy atom. The number of aliphatic carboxylic acids is 1. The summed E-state index contributed by atoms with van der Waals surface area (Å²) in [6.45, 7) is 5.98. The number of fused-ring (bicyclic) bond motifs is 3. The number of nitrogens with one attached hydrogen (secondary N) is 1. The number of hydrogen-bond donors (Lipinski definition) is 2. The molecule has 0 aromatic heterocycles. The molecule has 7 heteroatoms. The number of benzene rings is 3. The van der Waals surface area contributed by atoms with Gasteiger partial charge in [-0.1, -0.05) is 99.6 Å². The molecule has 1 atom stereocenters. The van der Waals surface area contributed by atoms with E-state index in [-0.39, 0.29) is 37.9 Å². The third-order valence-corrected chi connectivity index (χ3v) is 6.84. The summed E-state index contributed by atoms with van der Waals surface area (Å²) >= 11 is 0. The van der Waals surface area contributed by atoms with Gasteiger partial charge in [-0.15, -0.1) is 0 Å². The maximum Gasteiger partial charge on any atom is 0.407 e. The van der Waals surface area contributed by atoms with Gasteiger partial charge in [0.1, 0.15) is 12.6 Å². The SMILES string of the molecule is CC(C)(C)C(NC(=O)OCC1c2ccccc2-c2ccccc21)C(=O)N(CCC(=O)O)Cc1ccccc1. The number of carboxylic acids is 1. The van der Waals surface area contributed by atoms with Crippen molar-refractivity contribution in [3.05, 3.63) is 95.6 Å². The first-order valence-electron chi connectivity index (χ1n) is 12.8. The summed E-state index contributed by atoms with van der Waals surface area (Å²) in [6, 6.07) is 24.7. The van der Waals surface area contributed by atoms with E-state index in [2.05, 4.69) is 17.4 Å². The molecule has 0 saturated heterocycles. The van der Waals surface area contributed by atoms with Crippen LogP contribution in [0.1, 0.15) is 49.8 Å². The lowest BCUT2D eigenvalue weighted by Gasteiger charge is -2.34. The monoisotopic (exact) mass is 514 g/mol. The van der Waals surface area contributed by atoms with Crippen LogP contribution >= 0.6 is 0 Å². The second-order valence-electron chi connectivity index (χ2n) is 10.7. The van der Waals surface area contributed by atoms with Crippen LogP contribution in [0.15, 0.2) is 78.9 Å². The maximum atomic E-state index is 13.7. The van der Waals surface area contributed by atoms with Crippen LogP contribution in [0.3, 0.4) is 0 Å². The number of ether oxygens (including phenoxy) is 1. The Hall–Kier alpha value is -4.13. The molecule has 1 unspecified atom stereocenters. The molecule has 2 amide bonds. The fraction of sp³-hybridized carbons (Fsp3) is 0.323. The van der Waals surface area contributed by atoms with Crippen LogP contribution in [0.25, 0.3) is 11.1 Å². The van der Waals surface area contributed by atoms with Crippen molar-refractivity contribution in [2.75, 3.05) is 13.2 Å². The van der Waals surface area contributed by atoms with Crippen LogP contribution in [-0.2, 0) is 20.9 Å². The number of alkyl carbamates (subject to hydrolysis) is 1. The minimum atomic E-state index is -0.993. The first-order chi connectivity index (χ1) is 18.1. The summed E-state index contributed by atoms with van der Waals surface area (Å²) in [5.74, 6) is -1.44. The Balaban J connectivity index is 1.48. The number of carboxylic acid groups (broad SMARTS) is 1. The van der Waals surface area contributed by atoms with Gasteiger partial charge in [0.2, 0.25) is 5.91 Å². The molecule has 0 spiro atoms. The molecule has 38 heavy (non-hydrogen) atoms. The molecule has 0 radical (unpaired) electrons. The van der Waals surface area contributed by atoms with Gasteiger partial charge in [0.25, 0.3) is 0 Å². The lowest BCUT2D eigenvalue weighted by atomic mass is 9.85. The molecule has 0 fully saturated rings. The number of rotatable bonds is 9. The van der Waals surface area contributed by atoms with Gasteiger partial charge in [-0.05, 0) is 33.2 Å². The van der Waals surface area contributed by atoms with Gasteiger partial charge in [-0.2, -0.15) is 0 Å². The van der Waals surface area contributed by atoms with Gasteiger partial charge < -0.3 is 20.1 Å². The number of nitrogens with zero attached hydrogens (tertiary/aromatic N) is 1. The van der Waals surface area contributed by atoms with Crippen LogP contribution in [0.2, 0.25) is 0 Å². The highest BCUT2D eigenvalue weighted by Gasteiger charge is 2.37. The highest BCUT2D eigenvalue weighted by Crippen LogP contribution is 2.44. The summed E-state index contributed by atoms with van der Waals surface area (Å²) in [4.78, 5) is 39.5. The summed E-state index contributed by atoms with van der Waals surface area (Å²) in [5, 5.41) is 12.0. The number of carbonyl (C=O) groups excluding carboxylic acids is 2. The summed E-state index contributed by atoms with van der Waals surface area (Å²) in [7, 11) is 0. The van der Waals surface area contributed by atoms with Crippen LogP contribution in [0.4, 0.5) is 4.79 Å². The third-order valence-electron chi connectivity index (χ3n) is 6.84. The summed E-state index contributed by atoms with van der Waals surface area (Å²) < 4.78 is 5.70. The lowest BCUT2D eigenvalue weighted by molar-refractivity contribution is -0.140. The average Bonchev–Trinajstić information content (AvgIpc) is 3.21. The standard InChI is InChI=1S/C31H34N2O5/c1-31(2,3)28(29(36)33(18-17-27(34)35)19-21-11-5-4-6-12-21)32-30(37)38-20-26-24-15-9-7-13-22(24)23-14-8-10-16-25(23)26/h4-16,26,28H,17-20H2,1-3H3,(H,32,37)(H,34,35).